The second-order valence-electron chi connectivity index (χ2n) is 3.61. The predicted octanol–water partition coefficient (Wildman–Crippen LogP) is 1.37. The Labute approximate surface area is 103 Å². The molecule has 1 aromatic rings. The van der Waals surface area contributed by atoms with Crippen LogP contribution in [0, 0.1) is 0 Å². The van der Waals surface area contributed by atoms with Gasteiger partial charge in [0.25, 0.3) is 0 Å². The molecule has 0 unspecified atom stereocenters. The van der Waals surface area contributed by atoms with Crippen LogP contribution in [0.3, 0.4) is 0 Å². The van der Waals surface area contributed by atoms with Gasteiger partial charge in [-0.1, -0.05) is 6.07 Å². The zero-order valence-corrected chi connectivity index (χ0v) is 11.0. The Hall–Kier alpha value is -1.07. The van der Waals surface area contributed by atoms with E-state index in [0.29, 0.717) is 6.54 Å². The van der Waals surface area contributed by atoms with Crippen LogP contribution in [-0.4, -0.2) is 31.5 Å². The molecule has 88 valence electrons. The molecule has 0 saturated carbocycles. The number of hydrogen-bond acceptors (Lipinski definition) is 3. The standard InChI is InChI=1S/C11H15BrN2O2/c1-14(7-11(13)15)6-8-3-4-10(16-2)9(12)5-8/h3-5H,6-7H2,1-2H3,(H2,13,15). The van der Waals surface area contributed by atoms with Crippen molar-refractivity contribution in [2.75, 3.05) is 20.7 Å². The molecule has 1 amide bonds. The van der Waals surface area contributed by atoms with Crippen LogP contribution in [-0.2, 0) is 11.3 Å². The van der Waals surface area contributed by atoms with Crippen molar-refractivity contribution in [3.05, 3.63) is 28.2 Å². The summed E-state index contributed by atoms with van der Waals surface area (Å²) in [5.41, 5.74) is 6.21. The first-order chi connectivity index (χ1) is 7.52. The SMILES string of the molecule is COc1ccc(CN(C)CC(N)=O)cc1Br. The molecule has 4 nitrogen and oxygen atoms in total. The zero-order valence-electron chi connectivity index (χ0n) is 9.37. The highest BCUT2D eigenvalue weighted by molar-refractivity contribution is 9.10. The maximum absolute atomic E-state index is 10.7. The molecule has 0 fully saturated rings. The number of benzene rings is 1. The molecular weight excluding hydrogens is 272 g/mol. The van der Waals surface area contributed by atoms with Gasteiger partial charge in [-0.25, -0.2) is 0 Å². The van der Waals surface area contributed by atoms with Gasteiger partial charge in [-0.3, -0.25) is 9.69 Å². The smallest absolute Gasteiger partial charge is 0.231 e. The van der Waals surface area contributed by atoms with Crippen LogP contribution in [0.25, 0.3) is 0 Å². The second kappa shape index (κ2) is 5.86. The van der Waals surface area contributed by atoms with E-state index < -0.39 is 0 Å². The third-order valence-electron chi connectivity index (χ3n) is 2.09. The maximum atomic E-state index is 10.7. The summed E-state index contributed by atoms with van der Waals surface area (Å²) in [5, 5.41) is 0. The van der Waals surface area contributed by atoms with Gasteiger partial charge in [0.2, 0.25) is 5.91 Å². The Kier molecular flexibility index (Phi) is 4.76. The number of halogens is 1. The average Bonchev–Trinajstić information content (AvgIpc) is 2.16. The van der Waals surface area contributed by atoms with Crippen LogP contribution >= 0.6 is 15.9 Å². The summed E-state index contributed by atoms with van der Waals surface area (Å²) in [7, 11) is 3.47. The van der Waals surface area contributed by atoms with Crippen LogP contribution in [0.2, 0.25) is 0 Å². The number of carbonyl (C=O) groups is 1. The van der Waals surface area contributed by atoms with Crippen molar-refractivity contribution in [3.63, 3.8) is 0 Å². The molecular formula is C11H15BrN2O2. The van der Waals surface area contributed by atoms with Crippen molar-refractivity contribution < 1.29 is 9.53 Å². The summed E-state index contributed by atoms with van der Waals surface area (Å²) in [5.74, 6) is 0.469. The van der Waals surface area contributed by atoms with Gasteiger partial charge in [-0.2, -0.15) is 0 Å². The van der Waals surface area contributed by atoms with Crippen molar-refractivity contribution in [1.82, 2.24) is 4.90 Å². The first-order valence-corrected chi connectivity index (χ1v) is 5.61. The van der Waals surface area contributed by atoms with E-state index in [1.807, 2.05) is 30.1 Å². The van der Waals surface area contributed by atoms with E-state index in [0.717, 1.165) is 15.8 Å². The molecule has 0 atom stereocenters. The highest BCUT2D eigenvalue weighted by Crippen LogP contribution is 2.25. The molecule has 1 aromatic carbocycles. The van der Waals surface area contributed by atoms with Crippen LogP contribution in [0.5, 0.6) is 5.75 Å². The van der Waals surface area contributed by atoms with Crippen LogP contribution in [0.15, 0.2) is 22.7 Å². The first kappa shape index (κ1) is 13.0. The quantitative estimate of drug-likeness (QED) is 0.890. The topological polar surface area (TPSA) is 55.6 Å². The molecule has 0 radical (unpaired) electrons. The van der Waals surface area contributed by atoms with Gasteiger partial charge in [0.1, 0.15) is 5.75 Å². The highest BCUT2D eigenvalue weighted by atomic mass is 79.9. The lowest BCUT2D eigenvalue weighted by Crippen LogP contribution is -2.30. The number of hydrogen-bond donors (Lipinski definition) is 1. The fourth-order valence-corrected chi connectivity index (χ4v) is 2.03. The van der Waals surface area contributed by atoms with E-state index in [9.17, 15) is 4.79 Å². The minimum atomic E-state index is -0.324. The summed E-state index contributed by atoms with van der Waals surface area (Å²) >= 11 is 3.41. The third kappa shape index (κ3) is 3.83. The van der Waals surface area contributed by atoms with Crippen molar-refractivity contribution in [2.45, 2.75) is 6.54 Å². The summed E-state index contributed by atoms with van der Waals surface area (Å²) in [4.78, 5) is 12.6. The average molecular weight is 287 g/mol. The van der Waals surface area contributed by atoms with Crippen molar-refractivity contribution in [3.8, 4) is 5.75 Å². The molecule has 0 aromatic heterocycles. The lowest BCUT2D eigenvalue weighted by Gasteiger charge is -2.15. The molecule has 0 aliphatic rings. The number of likely N-dealkylation sites (N-methyl/N-ethyl adjacent to an activating group) is 1. The number of methoxy groups -OCH3 is 1. The monoisotopic (exact) mass is 286 g/mol. The molecule has 2 N–H and O–H groups in total. The van der Waals surface area contributed by atoms with E-state index in [1.165, 1.54) is 0 Å². The van der Waals surface area contributed by atoms with E-state index >= 15 is 0 Å². The molecule has 0 bridgehead atoms. The third-order valence-corrected chi connectivity index (χ3v) is 2.71. The van der Waals surface area contributed by atoms with Gasteiger partial charge in [0.15, 0.2) is 0 Å². The Morgan fingerprint density at radius 1 is 1.56 bits per heavy atom. The highest BCUT2D eigenvalue weighted by Gasteiger charge is 2.06. The van der Waals surface area contributed by atoms with E-state index in [1.54, 1.807) is 7.11 Å². The summed E-state index contributed by atoms with van der Waals surface area (Å²) < 4.78 is 6.04. The van der Waals surface area contributed by atoms with Gasteiger partial charge in [0.05, 0.1) is 18.1 Å². The van der Waals surface area contributed by atoms with Gasteiger partial charge in [-0.15, -0.1) is 0 Å². The molecule has 1 rings (SSSR count). The van der Waals surface area contributed by atoms with E-state index in [2.05, 4.69) is 15.9 Å². The Bertz CT molecular complexity index is 382. The first-order valence-electron chi connectivity index (χ1n) is 4.82. The fraction of sp³-hybridized carbons (Fsp3) is 0.364. The number of carbonyl (C=O) groups excluding carboxylic acids is 1. The Balaban J connectivity index is 2.67. The Morgan fingerprint density at radius 3 is 2.75 bits per heavy atom. The number of nitrogens with zero attached hydrogens (tertiary/aromatic N) is 1. The van der Waals surface area contributed by atoms with Gasteiger partial charge >= 0.3 is 0 Å². The minimum Gasteiger partial charge on any atom is -0.496 e. The number of ether oxygens (including phenoxy) is 1. The number of amides is 1. The van der Waals surface area contributed by atoms with Crippen molar-refractivity contribution in [1.29, 1.82) is 0 Å². The molecule has 0 aliphatic heterocycles. The van der Waals surface area contributed by atoms with Crippen LogP contribution < -0.4 is 10.5 Å². The Morgan fingerprint density at radius 2 is 2.25 bits per heavy atom. The second-order valence-corrected chi connectivity index (χ2v) is 4.46. The summed E-state index contributed by atoms with van der Waals surface area (Å²) in [6.45, 7) is 0.926. The fourth-order valence-electron chi connectivity index (χ4n) is 1.44. The zero-order chi connectivity index (χ0) is 12.1. The van der Waals surface area contributed by atoms with E-state index in [-0.39, 0.29) is 12.5 Å². The van der Waals surface area contributed by atoms with E-state index in [4.69, 9.17) is 10.5 Å². The van der Waals surface area contributed by atoms with Crippen molar-refractivity contribution >= 4 is 21.8 Å². The van der Waals surface area contributed by atoms with Crippen molar-refractivity contribution in [2.24, 2.45) is 5.73 Å². The maximum Gasteiger partial charge on any atom is 0.231 e. The lowest BCUT2D eigenvalue weighted by atomic mass is 10.2. The lowest BCUT2D eigenvalue weighted by molar-refractivity contribution is -0.118. The van der Waals surface area contributed by atoms with Crippen LogP contribution in [0.1, 0.15) is 5.56 Å². The minimum absolute atomic E-state index is 0.254. The number of nitrogens with two attached hydrogens (primary N) is 1. The van der Waals surface area contributed by atoms with Gasteiger partial charge in [0, 0.05) is 6.54 Å². The summed E-state index contributed by atoms with van der Waals surface area (Å²) in [6, 6.07) is 5.81. The molecule has 0 saturated heterocycles. The van der Waals surface area contributed by atoms with Crippen LogP contribution in [0.4, 0.5) is 0 Å². The molecule has 0 aliphatic carbocycles. The molecule has 16 heavy (non-hydrogen) atoms. The normalized spacial score (nSPS) is 10.5. The number of rotatable bonds is 5. The van der Waals surface area contributed by atoms with Gasteiger partial charge in [-0.05, 0) is 40.7 Å². The molecule has 5 heteroatoms. The number of primary amides is 1. The molecule has 0 spiro atoms. The summed E-state index contributed by atoms with van der Waals surface area (Å²) in [6.07, 6.45) is 0. The predicted molar refractivity (Wildman–Crippen MR) is 66.2 cm³/mol. The largest absolute Gasteiger partial charge is 0.496 e. The molecule has 0 heterocycles. The van der Waals surface area contributed by atoms with Gasteiger partial charge < -0.3 is 10.5 Å².